The monoisotopic (exact) mass is 323 g/mol. The second-order valence-corrected chi connectivity index (χ2v) is 4.90. The highest BCUT2D eigenvalue weighted by Gasteiger charge is 2.36. The number of aliphatic imine (C=N–C) groups is 1. The lowest BCUT2D eigenvalue weighted by atomic mass is 10.1. The predicted molar refractivity (Wildman–Crippen MR) is 77.1 cm³/mol. The molecule has 0 aromatic carbocycles. The molecule has 0 saturated heterocycles. The zero-order valence-electron chi connectivity index (χ0n) is 11.9. The van der Waals surface area contributed by atoms with Gasteiger partial charge >= 0.3 is 6.18 Å². The first-order chi connectivity index (χ1) is 10.8. The van der Waals surface area contributed by atoms with E-state index in [0.29, 0.717) is 11.4 Å². The minimum Gasteiger partial charge on any atom is -0.383 e. The third kappa shape index (κ3) is 2.59. The fourth-order valence-corrected chi connectivity index (χ4v) is 2.32. The van der Waals surface area contributed by atoms with E-state index in [2.05, 4.69) is 15.0 Å². The first-order valence-electron chi connectivity index (χ1n) is 6.60. The summed E-state index contributed by atoms with van der Waals surface area (Å²) in [6, 6.07) is 5.22. The summed E-state index contributed by atoms with van der Waals surface area (Å²) in [5, 5.41) is 10.2. The van der Waals surface area contributed by atoms with Crippen LogP contribution in [0.2, 0.25) is 0 Å². The number of pyridine rings is 2. The SMILES string of the molecule is Cc1ncccc1N1c2nc(C(F)(F)F)ccc2C(N)=NC1O. The Kier molecular flexibility index (Phi) is 3.44. The van der Waals surface area contributed by atoms with E-state index in [9.17, 15) is 18.3 Å². The smallest absolute Gasteiger partial charge is 0.383 e. The van der Waals surface area contributed by atoms with Gasteiger partial charge in [0.15, 0.2) is 0 Å². The van der Waals surface area contributed by atoms with Crippen molar-refractivity contribution in [3.8, 4) is 0 Å². The van der Waals surface area contributed by atoms with Crippen molar-refractivity contribution >= 4 is 17.3 Å². The van der Waals surface area contributed by atoms with Crippen LogP contribution in [0.3, 0.4) is 0 Å². The standard InChI is InChI=1S/C14H12F3N5O/c1-7-9(3-2-6-19-7)22-12-8(11(18)21-13(22)23)4-5-10(20-12)14(15,16)17/h2-6,13,23H,1H3,(H2,18,21). The summed E-state index contributed by atoms with van der Waals surface area (Å²) in [5.41, 5.74) is 5.74. The van der Waals surface area contributed by atoms with Crippen LogP contribution in [-0.4, -0.2) is 27.3 Å². The van der Waals surface area contributed by atoms with E-state index in [1.165, 1.54) is 17.2 Å². The summed E-state index contributed by atoms with van der Waals surface area (Å²) < 4.78 is 38.8. The van der Waals surface area contributed by atoms with Crippen LogP contribution in [0.1, 0.15) is 17.0 Å². The number of anilines is 2. The van der Waals surface area contributed by atoms with E-state index in [-0.39, 0.29) is 17.2 Å². The largest absolute Gasteiger partial charge is 0.433 e. The van der Waals surface area contributed by atoms with Gasteiger partial charge in [0.05, 0.1) is 16.9 Å². The van der Waals surface area contributed by atoms with Crippen LogP contribution < -0.4 is 10.6 Å². The lowest BCUT2D eigenvalue weighted by Gasteiger charge is -2.32. The van der Waals surface area contributed by atoms with Crippen molar-refractivity contribution in [3.63, 3.8) is 0 Å². The molecule has 0 amide bonds. The van der Waals surface area contributed by atoms with Crippen molar-refractivity contribution in [2.75, 3.05) is 4.90 Å². The highest BCUT2D eigenvalue weighted by molar-refractivity contribution is 6.04. The second kappa shape index (κ2) is 5.20. The van der Waals surface area contributed by atoms with Gasteiger partial charge in [0, 0.05) is 6.20 Å². The van der Waals surface area contributed by atoms with E-state index in [4.69, 9.17) is 5.73 Å². The molecule has 0 spiro atoms. The number of alkyl halides is 3. The lowest BCUT2D eigenvalue weighted by molar-refractivity contribution is -0.141. The molecule has 0 fully saturated rings. The average Bonchev–Trinajstić information content (AvgIpc) is 2.47. The van der Waals surface area contributed by atoms with E-state index in [1.54, 1.807) is 19.1 Å². The minimum absolute atomic E-state index is 0.0773. The highest BCUT2D eigenvalue weighted by Crippen LogP contribution is 2.36. The van der Waals surface area contributed by atoms with Crippen molar-refractivity contribution < 1.29 is 18.3 Å². The molecule has 6 nitrogen and oxygen atoms in total. The third-order valence-corrected chi connectivity index (χ3v) is 3.39. The fraction of sp³-hybridized carbons (Fsp3) is 0.214. The van der Waals surface area contributed by atoms with E-state index < -0.39 is 18.2 Å². The molecule has 3 heterocycles. The Morgan fingerprint density at radius 3 is 2.65 bits per heavy atom. The number of amidine groups is 1. The lowest BCUT2D eigenvalue weighted by Crippen LogP contribution is -2.39. The van der Waals surface area contributed by atoms with Gasteiger partial charge in [-0.05, 0) is 31.2 Å². The number of rotatable bonds is 1. The number of hydrogen-bond acceptors (Lipinski definition) is 6. The zero-order valence-corrected chi connectivity index (χ0v) is 11.9. The van der Waals surface area contributed by atoms with Gasteiger partial charge in [-0.1, -0.05) is 0 Å². The van der Waals surface area contributed by atoms with Crippen molar-refractivity contribution in [3.05, 3.63) is 47.4 Å². The second-order valence-electron chi connectivity index (χ2n) is 4.90. The number of aryl methyl sites for hydroxylation is 1. The molecule has 0 aliphatic carbocycles. The first-order valence-corrected chi connectivity index (χ1v) is 6.60. The molecule has 120 valence electrons. The molecule has 3 rings (SSSR count). The Morgan fingerprint density at radius 1 is 1.26 bits per heavy atom. The maximum Gasteiger partial charge on any atom is 0.433 e. The number of aliphatic hydroxyl groups is 1. The number of aliphatic hydroxyl groups excluding tert-OH is 1. The van der Waals surface area contributed by atoms with Crippen molar-refractivity contribution in [1.82, 2.24) is 9.97 Å². The molecule has 0 saturated carbocycles. The summed E-state index contributed by atoms with van der Waals surface area (Å²) in [6.07, 6.45) is -4.56. The Bertz CT molecular complexity index is 790. The van der Waals surface area contributed by atoms with Gasteiger partial charge < -0.3 is 10.8 Å². The molecular weight excluding hydrogens is 311 g/mol. The first kappa shape index (κ1) is 15.2. The highest BCUT2D eigenvalue weighted by atomic mass is 19.4. The van der Waals surface area contributed by atoms with Crippen LogP contribution in [0.15, 0.2) is 35.5 Å². The van der Waals surface area contributed by atoms with Gasteiger partial charge in [-0.25, -0.2) is 9.98 Å². The Labute approximate surface area is 129 Å². The quantitative estimate of drug-likeness (QED) is 0.837. The van der Waals surface area contributed by atoms with Gasteiger partial charge in [0.2, 0.25) is 6.35 Å². The van der Waals surface area contributed by atoms with Gasteiger partial charge in [-0.3, -0.25) is 9.88 Å². The average molecular weight is 323 g/mol. The summed E-state index contributed by atoms with van der Waals surface area (Å²) in [5.74, 6) is -0.192. The van der Waals surface area contributed by atoms with Crippen LogP contribution in [0.4, 0.5) is 24.7 Å². The molecule has 0 radical (unpaired) electrons. The van der Waals surface area contributed by atoms with E-state index >= 15 is 0 Å². The Balaban J connectivity index is 2.22. The van der Waals surface area contributed by atoms with Gasteiger partial charge in [-0.2, -0.15) is 13.2 Å². The van der Waals surface area contributed by atoms with E-state index in [0.717, 1.165) is 6.07 Å². The van der Waals surface area contributed by atoms with E-state index in [1.807, 2.05) is 0 Å². The number of nitrogens with zero attached hydrogens (tertiary/aromatic N) is 4. The van der Waals surface area contributed by atoms with Gasteiger partial charge in [0.1, 0.15) is 17.3 Å². The molecule has 1 unspecified atom stereocenters. The van der Waals surface area contributed by atoms with Crippen LogP contribution in [-0.2, 0) is 6.18 Å². The molecule has 1 aliphatic rings. The number of fused-ring (bicyclic) bond motifs is 1. The van der Waals surface area contributed by atoms with Crippen LogP contribution in [0, 0.1) is 6.92 Å². The topological polar surface area (TPSA) is 87.6 Å². The van der Waals surface area contributed by atoms with Gasteiger partial charge in [-0.15, -0.1) is 0 Å². The molecule has 1 atom stereocenters. The van der Waals surface area contributed by atoms with Crippen molar-refractivity contribution in [1.29, 1.82) is 0 Å². The molecule has 9 heteroatoms. The predicted octanol–water partition coefficient (Wildman–Crippen LogP) is 1.94. The summed E-state index contributed by atoms with van der Waals surface area (Å²) >= 11 is 0. The molecule has 3 N–H and O–H groups in total. The fourth-order valence-electron chi connectivity index (χ4n) is 2.32. The van der Waals surface area contributed by atoms with Gasteiger partial charge in [0.25, 0.3) is 0 Å². The van der Waals surface area contributed by atoms with Crippen LogP contribution in [0.25, 0.3) is 0 Å². The van der Waals surface area contributed by atoms with Crippen LogP contribution >= 0.6 is 0 Å². The van der Waals surface area contributed by atoms with Crippen molar-refractivity contribution in [2.24, 2.45) is 10.7 Å². The Hall–Kier alpha value is -2.68. The number of hydrogen-bond donors (Lipinski definition) is 2. The summed E-state index contributed by atoms with van der Waals surface area (Å²) in [4.78, 5) is 12.7. The molecule has 1 aliphatic heterocycles. The maximum absolute atomic E-state index is 12.9. The maximum atomic E-state index is 12.9. The van der Waals surface area contributed by atoms with Crippen molar-refractivity contribution in [2.45, 2.75) is 19.5 Å². The third-order valence-electron chi connectivity index (χ3n) is 3.39. The van der Waals surface area contributed by atoms with Crippen LogP contribution in [0.5, 0.6) is 0 Å². The zero-order chi connectivity index (χ0) is 16.8. The number of nitrogens with two attached hydrogens (primary N) is 1. The molecule has 2 aromatic heterocycles. The normalized spacial score (nSPS) is 17.7. The number of halogens is 3. The molecular formula is C14H12F3N5O. The summed E-state index contributed by atoms with van der Waals surface area (Å²) in [7, 11) is 0. The minimum atomic E-state index is -4.61. The molecule has 23 heavy (non-hydrogen) atoms. The number of aromatic nitrogens is 2. The summed E-state index contributed by atoms with van der Waals surface area (Å²) in [6.45, 7) is 1.66. The molecule has 2 aromatic rings. The Morgan fingerprint density at radius 2 is 2.00 bits per heavy atom. The molecule has 0 bridgehead atoms.